The van der Waals surface area contributed by atoms with Crippen molar-refractivity contribution in [1.82, 2.24) is 15.6 Å². The molecule has 6 heteroatoms. The quantitative estimate of drug-likeness (QED) is 0.851. The van der Waals surface area contributed by atoms with Crippen LogP contribution >= 0.6 is 11.8 Å². The van der Waals surface area contributed by atoms with Crippen molar-refractivity contribution in [3.05, 3.63) is 24.0 Å². The van der Waals surface area contributed by atoms with Gasteiger partial charge in [0.05, 0.1) is 0 Å². The molecule has 3 atom stereocenters. The van der Waals surface area contributed by atoms with Crippen LogP contribution in [0.4, 0.5) is 0 Å². The average molecular weight is 303 g/mol. The molecule has 1 amide bonds. The maximum Gasteiger partial charge on any atom is 0.270 e. The van der Waals surface area contributed by atoms with E-state index < -0.39 is 0 Å². The normalized spacial score (nSPS) is 27.4. The van der Waals surface area contributed by atoms with Crippen LogP contribution in [-0.4, -0.2) is 35.3 Å². The third-order valence-corrected chi connectivity index (χ3v) is 5.03. The molecule has 2 N–H and O–H groups in total. The fraction of sp³-hybridized carbons (Fsp3) is 0.467. The number of pyridine rings is 1. The smallest absolute Gasteiger partial charge is 0.270 e. The van der Waals surface area contributed by atoms with Crippen molar-refractivity contribution in [2.24, 2.45) is 0 Å². The monoisotopic (exact) mass is 303 g/mol. The number of hydrogen-bond acceptors (Lipinski definition) is 5. The Hall–Kier alpha value is -1.53. The predicted molar refractivity (Wildman–Crippen MR) is 81.6 cm³/mol. The van der Waals surface area contributed by atoms with Gasteiger partial charge in [-0.2, -0.15) is 0 Å². The van der Waals surface area contributed by atoms with Gasteiger partial charge >= 0.3 is 0 Å². The third kappa shape index (κ3) is 2.32. The molecule has 2 aromatic heterocycles. The molecule has 2 fully saturated rings. The zero-order valence-corrected chi connectivity index (χ0v) is 12.6. The number of carbonyl (C=O) groups excluding carboxylic acids is 1. The lowest BCUT2D eigenvalue weighted by atomic mass is 9.95. The molecule has 0 aliphatic carbocycles. The molecule has 0 radical (unpaired) electrons. The summed E-state index contributed by atoms with van der Waals surface area (Å²) in [5, 5.41) is 8.38. The topological polar surface area (TPSA) is 67.2 Å². The molecule has 21 heavy (non-hydrogen) atoms. The second-order valence-corrected chi connectivity index (χ2v) is 6.55. The lowest BCUT2D eigenvalue weighted by Crippen LogP contribution is -2.43. The highest BCUT2D eigenvalue weighted by atomic mass is 32.2. The molecular formula is C15H17N3O2S. The fourth-order valence-electron chi connectivity index (χ4n) is 3.36. The minimum Gasteiger partial charge on any atom is -0.450 e. The van der Waals surface area contributed by atoms with Crippen LogP contribution in [0.3, 0.4) is 0 Å². The highest BCUT2D eigenvalue weighted by Gasteiger charge is 2.39. The first-order valence-electron chi connectivity index (χ1n) is 7.23. The van der Waals surface area contributed by atoms with Crippen LogP contribution in [0.5, 0.6) is 0 Å². The summed E-state index contributed by atoms with van der Waals surface area (Å²) < 4.78 is 5.66. The summed E-state index contributed by atoms with van der Waals surface area (Å²) in [5.41, 5.74) is 1.14. The Labute approximate surface area is 126 Å². The van der Waals surface area contributed by atoms with Crippen LogP contribution < -0.4 is 10.6 Å². The van der Waals surface area contributed by atoms with E-state index in [4.69, 9.17) is 4.42 Å². The average Bonchev–Trinajstić information content (AvgIpc) is 3.20. The van der Waals surface area contributed by atoms with Crippen LogP contribution in [0.15, 0.2) is 27.8 Å². The van der Waals surface area contributed by atoms with Crippen molar-refractivity contribution in [3.8, 4) is 0 Å². The summed E-state index contributed by atoms with van der Waals surface area (Å²) in [6.45, 7) is 0. The first-order chi connectivity index (χ1) is 10.2. The van der Waals surface area contributed by atoms with Crippen LogP contribution in [0, 0.1) is 0 Å². The van der Waals surface area contributed by atoms with Crippen LogP contribution in [0.2, 0.25) is 0 Å². The molecule has 0 saturated carbocycles. The number of nitrogens with zero attached hydrogens (tertiary/aromatic N) is 1. The summed E-state index contributed by atoms with van der Waals surface area (Å²) >= 11 is 1.54. The summed E-state index contributed by atoms with van der Waals surface area (Å²) in [6, 6.07) is 4.89. The predicted octanol–water partition coefficient (Wildman–Crippen LogP) is 2.17. The summed E-state index contributed by atoms with van der Waals surface area (Å²) in [5.74, 6) is -0.113. The Bertz CT molecular complexity index is 699. The lowest BCUT2D eigenvalue weighted by molar-refractivity contribution is 0.0926. The van der Waals surface area contributed by atoms with E-state index in [0.29, 0.717) is 23.4 Å². The van der Waals surface area contributed by atoms with E-state index in [1.807, 2.05) is 12.3 Å². The van der Waals surface area contributed by atoms with E-state index in [0.717, 1.165) is 23.3 Å². The molecule has 0 aromatic carbocycles. The van der Waals surface area contributed by atoms with E-state index in [1.54, 1.807) is 12.3 Å². The fourth-order valence-corrected chi connectivity index (χ4v) is 3.78. The minimum absolute atomic E-state index is 0.113. The largest absolute Gasteiger partial charge is 0.450 e. The number of hydrogen-bond donors (Lipinski definition) is 2. The molecule has 5 nitrogen and oxygen atoms in total. The Kier molecular flexibility index (Phi) is 3.15. The molecule has 2 aromatic rings. The summed E-state index contributed by atoms with van der Waals surface area (Å²) in [4.78, 5) is 16.6. The first-order valence-corrected chi connectivity index (χ1v) is 8.46. The minimum atomic E-state index is -0.113. The molecule has 4 heterocycles. The van der Waals surface area contributed by atoms with E-state index in [2.05, 4.69) is 15.6 Å². The first kappa shape index (κ1) is 13.2. The Morgan fingerprint density at radius 1 is 1.48 bits per heavy atom. The van der Waals surface area contributed by atoms with Crippen molar-refractivity contribution in [2.45, 2.75) is 42.5 Å². The maximum atomic E-state index is 12.3. The van der Waals surface area contributed by atoms with Crippen molar-refractivity contribution in [1.29, 1.82) is 0 Å². The van der Waals surface area contributed by atoms with Gasteiger partial charge in [-0.3, -0.25) is 9.78 Å². The van der Waals surface area contributed by atoms with Gasteiger partial charge in [-0.05, 0) is 25.5 Å². The number of amides is 1. The second kappa shape index (κ2) is 5.03. The number of thioether (sulfide) groups is 1. The van der Waals surface area contributed by atoms with Gasteiger partial charge in [-0.15, -0.1) is 0 Å². The second-order valence-electron chi connectivity index (χ2n) is 5.74. The molecule has 0 spiro atoms. The van der Waals surface area contributed by atoms with Gasteiger partial charge in [-0.1, -0.05) is 11.8 Å². The Morgan fingerprint density at radius 2 is 2.38 bits per heavy atom. The van der Waals surface area contributed by atoms with Gasteiger partial charge in [-0.25, -0.2) is 0 Å². The van der Waals surface area contributed by atoms with Crippen LogP contribution in [-0.2, 0) is 0 Å². The van der Waals surface area contributed by atoms with Crippen molar-refractivity contribution < 1.29 is 9.21 Å². The highest BCUT2D eigenvalue weighted by molar-refractivity contribution is 7.98. The molecule has 4 rings (SSSR count). The van der Waals surface area contributed by atoms with Gasteiger partial charge in [0.15, 0.2) is 5.09 Å². The zero-order chi connectivity index (χ0) is 14.4. The van der Waals surface area contributed by atoms with Crippen molar-refractivity contribution in [2.75, 3.05) is 6.26 Å². The van der Waals surface area contributed by atoms with Gasteiger partial charge in [0, 0.05) is 41.8 Å². The van der Waals surface area contributed by atoms with Gasteiger partial charge < -0.3 is 15.1 Å². The third-order valence-electron chi connectivity index (χ3n) is 4.43. The van der Waals surface area contributed by atoms with Gasteiger partial charge in [0.1, 0.15) is 11.3 Å². The van der Waals surface area contributed by atoms with Crippen LogP contribution in [0.25, 0.3) is 11.0 Å². The van der Waals surface area contributed by atoms with E-state index >= 15 is 0 Å². The summed E-state index contributed by atoms with van der Waals surface area (Å²) in [6.07, 6.45) is 7.06. The summed E-state index contributed by atoms with van der Waals surface area (Å²) in [7, 11) is 0. The highest BCUT2D eigenvalue weighted by Crippen LogP contribution is 2.29. The standard InChI is InChI=1S/C15H17N3O2S/c1-21-14-4-8-7-16-12(6-13(8)20-14)15(19)18-11-5-9-2-3-10(11)17-9/h4,6-7,9-11,17H,2-3,5H2,1H3,(H,18,19)/t9-,10+,11-/m1/s1. The zero-order valence-electron chi connectivity index (χ0n) is 11.8. The van der Waals surface area contributed by atoms with Crippen molar-refractivity contribution >= 4 is 28.6 Å². The van der Waals surface area contributed by atoms with Gasteiger partial charge in [0.2, 0.25) is 0 Å². The number of furan rings is 1. The number of fused-ring (bicyclic) bond motifs is 3. The number of nitrogens with one attached hydrogen (secondary N) is 2. The van der Waals surface area contributed by atoms with E-state index in [9.17, 15) is 4.79 Å². The maximum absolute atomic E-state index is 12.3. The molecule has 110 valence electrons. The van der Waals surface area contributed by atoms with Crippen molar-refractivity contribution in [3.63, 3.8) is 0 Å². The molecular weight excluding hydrogens is 286 g/mol. The van der Waals surface area contributed by atoms with Crippen LogP contribution in [0.1, 0.15) is 29.8 Å². The lowest BCUT2D eigenvalue weighted by Gasteiger charge is -2.21. The molecule has 2 bridgehead atoms. The molecule has 2 aliphatic heterocycles. The number of carbonyl (C=O) groups is 1. The molecule has 2 aliphatic rings. The Balaban J connectivity index is 1.53. The van der Waals surface area contributed by atoms with Gasteiger partial charge in [0.25, 0.3) is 5.91 Å². The Morgan fingerprint density at radius 3 is 3.10 bits per heavy atom. The molecule has 2 saturated heterocycles. The number of aromatic nitrogens is 1. The van der Waals surface area contributed by atoms with E-state index in [-0.39, 0.29) is 11.9 Å². The van der Waals surface area contributed by atoms with E-state index in [1.165, 1.54) is 18.2 Å². The molecule has 0 unspecified atom stereocenters. The number of rotatable bonds is 3. The SMILES string of the molecule is CSc1cc2cnc(C(=O)N[C@@H]3C[C@H]4CC[C@@H]3N4)cc2o1.